The maximum atomic E-state index is 11.9. The number of carbonyl (C=O) groups is 1. The summed E-state index contributed by atoms with van der Waals surface area (Å²) in [5, 5.41) is 0. The summed E-state index contributed by atoms with van der Waals surface area (Å²) in [5.74, 6) is 0.550. The molecular weight excluding hydrogens is 258 g/mol. The second kappa shape index (κ2) is 5.64. The smallest absolute Gasteiger partial charge is 0.410 e. The first-order chi connectivity index (χ1) is 9.33. The van der Waals surface area contributed by atoms with Gasteiger partial charge in [0.25, 0.3) is 0 Å². The van der Waals surface area contributed by atoms with E-state index in [0.29, 0.717) is 19.0 Å². The van der Waals surface area contributed by atoms with Crippen LogP contribution in [-0.4, -0.2) is 45.8 Å². The third kappa shape index (κ3) is 4.08. The number of hydrogen-bond acceptors (Lipinski definition) is 5. The van der Waals surface area contributed by atoms with Gasteiger partial charge in [0.15, 0.2) is 0 Å². The summed E-state index contributed by atoms with van der Waals surface area (Å²) in [6.45, 7) is 8.63. The van der Waals surface area contributed by atoms with Crippen molar-refractivity contribution in [2.75, 3.05) is 13.1 Å². The third-order valence-electron chi connectivity index (χ3n) is 2.86. The summed E-state index contributed by atoms with van der Waals surface area (Å²) in [7, 11) is 0. The highest BCUT2D eigenvalue weighted by molar-refractivity contribution is 5.68. The highest BCUT2D eigenvalue weighted by Crippen LogP contribution is 2.19. The van der Waals surface area contributed by atoms with Crippen molar-refractivity contribution in [3.8, 4) is 5.88 Å². The molecule has 6 nitrogen and oxygen atoms in total. The van der Waals surface area contributed by atoms with Crippen molar-refractivity contribution in [2.24, 2.45) is 0 Å². The molecule has 0 bridgehead atoms. The fourth-order valence-corrected chi connectivity index (χ4v) is 1.98. The zero-order valence-electron chi connectivity index (χ0n) is 12.4. The number of nitrogens with zero attached hydrogens (tertiary/aromatic N) is 3. The van der Waals surface area contributed by atoms with Crippen LogP contribution in [0.25, 0.3) is 0 Å². The average Bonchev–Trinajstić information content (AvgIpc) is 2.75. The van der Waals surface area contributed by atoms with E-state index in [0.717, 1.165) is 12.1 Å². The molecule has 110 valence electrons. The predicted octanol–water partition coefficient (Wildman–Crippen LogP) is 2.17. The van der Waals surface area contributed by atoms with Crippen LogP contribution in [0.1, 0.15) is 32.9 Å². The summed E-state index contributed by atoms with van der Waals surface area (Å²) < 4.78 is 11.1. The molecule has 1 atom stereocenters. The summed E-state index contributed by atoms with van der Waals surface area (Å²) in [6, 6.07) is 1.79. The van der Waals surface area contributed by atoms with E-state index >= 15 is 0 Å². The molecule has 1 aromatic heterocycles. The van der Waals surface area contributed by atoms with E-state index in [4.69, 9.17) is 9.47 Å². The quantitative estimate of drug-likeness (QED) is 0.830. The molecule has 0 radical (unpaired) electrons. The minimum absolute atomic E-state index is 0.0446. The van der Waals surface area contributed by atoms with Crippen LogP contribution >= 0.6 is 0 Å². The van der Waals surface area contributed by atoms with Gasteiger partial charge in [-0.1, -0.05) is 0 Å². The number of ether oxygens (including phenoxy) is 2. The van der Waals surface area contributed by atoms with Gasteiger partial charge in [0.05, 0.1) is 6.54 Å². The number of aromatic nitrogens is 2. The standard InChI is InChI=1S/C14H21N3O3/c1-10-7-12(16-9-15-10)19-11-5-6-17(8-11)13(18)20-14(2,3)4/h7,9,11H,5-6,8H2,1-4H3/t11-/m0/s1. The molecule has 1 saturated heterocycles. The maximum absolute atomic E-state index is 11.9. The van der Waals surface area contributed by atoms with Crippen molar-refractivity contribution in [1.82, 2.24) is 14.9 Å². The van der Waals surface area contributed by atoms with Crippen molar-refractivity contribution in [3.63, 3.8) is 0 Å². The van der Waals surface area contributed by atoms with Crippen LogP contribution in [0.3, 0.4) is 0 Å². The summed E-state index contributed by atoms with van der Waals surface area (Å²) in [4.78, 5) is 21.7. The molecule has 0 spiro atoms. The zero-order valence-corrected chi connectivity index (χ0v) is 12.4. The maximum Gasteiger partial charge on any atom is 0.410 e. The Morgan fingerprint density at radius 1 is 1.40 bits per heavy atom. The van der Waals surface area contributed by atoms with E-state index in [1.807, 2.05) is 27.7 Å². The second-order valence-corrected chi connectivity index (χ2v) is 5.95. The Morgan fingerprint density at radius 3 is 2.80 bits per heavy atom. The van der Waals surface area contributed by atoms with Crippen LogP contribution in [0.5, 0.6) is 5.88 Å². The minimum atomic E-state index is -0.472. The molecule has 1 aromatic rings. The second-order valence-electron chi connectivity index (χ2n) is 5.95. The van der Waals surface area contributed by atoms with E-state index in [-0.39, 0.29) is 12.2 Å². The van der Waals surface area contributed by atoms with Gasteiger partial charge < -0.3 is 14.4 Å². The topological polar surface area (TPSA) is 64.5 Å². The number of rotatable bonds is 2. The van der Waals surface area contributed by atoms with Gasteiger partial charge in [0.2, 0.25) is 5.88 Å². The van der Waals surface area contributed by atoms with Gasteiger partial charge in [-0.05, 0) is 27.7 Å². The molecule has 0 aliphatic carbocycles. The van der Waals surface area contributed by atoms with Gasteiger partial charge in [-0.15, -0.1) is 0 Å². The molecule has 1 fully saturated rings. The van der Waals surface area contributed by atoms with Gasteiger partial charge in [-0.3, -0.25) is 0 Å². The number of hydrogen-bond donors (Lipinski definition) is 0. The van der Waals surface area contributed by atoms with E-state index in [1.54, 1.807) is 11.0 Å². The van der Waals surface area contributed by atoms with Gasteiger partial charge in [-0.25, -0.2) is 14.8 Å². The lowest BCUT2D eigenvalue weighted by Gasteiger charge is -2.24. The zero-order chi connectivity index (χ0) is 14.8. The van der Waals surface area contributed by atoms with E-state index in [9.17, 15) is 4.79 Å². The first-order valence-electron chi connectivity index (χ1n) is 6.77. The number of amides is 1. The molecular formula is C14H21N3O3. The molecule has 1 aliphatic heterocycles. The van der Waals surface area contributed by atoms with Crippen LogP contribution in [-0.2, 0) is 4.74 Å². The highest BCUT2D eigenvalue weighted by atomic mass is 16.6. The van der Waals surface area contributed by atoms with Crippen LogP contribution in [0.2, 0.25) is 0 Å². The lowest BCUT2D eigenvalue weighted by molar-refractivity contribution is 0.0275. The predicted molar refractivity (Wildman–Crippen MR) is 73.6 cm³/mol. The number of carbonyl (C=O) groups excluding carboxylic acids is 1. The SMILES string of the molecule is Cc1cc(O[C@H]2CCN(C(=O)OC(C)(C)C)C2)ncn1. The van der Waals surface area contributed by atoms with Crippen LogP contribution in [0.4, 0.5) is 4.79 Å². The molecule has 1 aliphatic rings. The van der Waals surface area contributed by atoms with Gasteiger partial charge in [0.1, 0.15) is 18.0 Å². The number of likely N-dealkylation sites (tertiary alicyclic amines) is 1. The largest absolute Gasteiger partial charge is 0.472 e. The molecule has 0 aromatic carbocycles. The van der Waals surface area contributed by atoms with Crippen molar-refractivity contribution in [3.05, 3.63) is 18.1 Å². The Hall–Kier alpha value is -1.85. The van der Waals surface area contributed by atoms with Crippen LogP contribution < -0.4 is 4.74 Å². The molecule has 2 rings (SSSR count). The first kappa shape index (κ1) is 14.6. The minimum Gasteiger partial charge on any atom is -0.472 e. The van der Waals surface area contributed by atoms with Crippen molar-refractivity contribution in [1.29, 1.82) is 0 Å². The molecule has 20 heavy (non-hydrogen) atoms. The van der Waals surface area contributed by atoms with Gasteiger partial charge >= 0.3 is 6.09 Å². The Kier molecular flexibility index (Phi) is 4.11. The van der Waals surface area contributed by atoms with E-state index in [1.165, 1.54) is 6.33 Å². The molecule has 0 unspecified atom stereocenters. The van der Waals surface area contributed by atoms with Crippen molar-refractivity contribution in [2.45, 2.75) is 45.8 Å². The monoisotopic (exact) mass is 279 g/mol. The van der Waals surface area contributed by atoms with Gasteiger partial charge in [0, 0.05) is 24.7 Å². The summed E-state index contributed by atoms with van der Waals surface area (Å²) in [5.41, 5.74) is 0.386. The Labute approximate surface area is 119 Å². The molecule has 1 amide bonds. The van der Waals surface area contributed by atoms with Crippen molar-refractivity contribution < 1.29 is 14.3 Å². The van der Waals surface area contributed by atoms with Crippen molar-refractivity contribution >= 4 is 6.09 Å². The molecule has 0 N–H and O–H groups in total. The Morgan fingerprint density at radius 2 is 2.15 bits per heavy atom. The summed E-state index contributed by atoms with van der Waals surface area (Å²) >= 11 is 0. The lowest BCUT2D eigenvalue weighted by atomic mass is 10.2. The Balaban J connectivity index is 1.88. The third-order valence-corrected chi connectivity index (χ3v) is 2.86. The van der Waals surface area contributed by atoms with Crippen LogP contribution in [0.15, 0.2) is 12.4 Å². The highest BCUT2D eigenvalue weighted by Gasteiger charge is 2.31. The Bertz CT molecular complexity index is 485. The molecule has 6 heteroatoms. The lowest BCUT2D eigenvalue weighted by Crippen LogP contribution is -2.36. The average molecular weight is 279 g/mol. The van der Waals surface area contributed by atoms with E-state index in [2.05, 4.69) is 9.97 Å². The van der Waals surface area contributed by atoms with Crippen LogP contribution in [0, 0.1) is 6.92 Å². The first-order valence-corrected chi connectivity index (χ1v) is 6.77. The summed E-state index contributed by atoms with van der Waals surface area (Å²) in [6.07, 6.45) is 1.92. The fourth-order valence-electron chi connectivity index (χ4n) is 1.98. The van der Waals surface area contributed by atoms with E-state index < -0.39 is 5.60 Å². The van der Waals surface area contributed by atoms with Gasteiger partial charge in [-0.2, -0.15) is 0 Å². The molecule has 0 saturated carbocycles. The normalized spacial score (nSPS) is 19.0. The fraction of sp³-hybridized carbons (Fsp3) is 0.643. The molecule has 2 heterocycles. The number of aryl methyl sites for hydroxylation is 1.